The summed E-state index contributed by atoms with van der Waals surface area (Å²) in [7, 11) is 1.97. The second kappa shape index (κ2) is 6.33. The van der Waals surface area contributed by atoms with Crippen molar-refractivity contribution in [3.63, 3.8) is 0 Å². The Bertz CT molecular complexity index is 757. The summed E-state index contributed by atoms with van der Waals surface area (Å²) in [6.07, 6.45) is 3.01. The molecule has 2 N–H and O–H groups in total. The second-order valence-corrected chi connectivity index (χ2v) is 6.46. The van der Waals surface area contributed by atoms with Crippen molar-refractivity contribution in [3.8, 4) is 11.4 Å². The first-order valence-electron chi connectivity index (χ1n) is 8.34. The van der Waals surface area contributed by atoms with Crippen LogP contribution in [0.1, 0.15) is 17.5 Å². The average molecular weight is 327 g/mol. The number of aryl methyl sites for hydroxylation is 2. The van der Waals surface area contributed by atoms with E-state index in [0.29, 0.717) is 19.0 Å². The van der Waals surface area contributed by atoms with Gasteiger partial charge in [0.05, 0.1) is 6.61 Å². The van der Waals surface area contributed by atoms with Gasteiger partial charge in [0, 0.05) is 18.7 Å². The summed E-state index contributed by atoms with van der Waals surface area (Å²) in [4.78, 5) is 18.7. The van der Waals surface area contributed by atoms with Crippen LogP contribution in [0.4, 0.5) is 5.95 Å². The molecule has 1 aliphatic carbocycles. The highest BCUT2D eigenvalue weighted by molar-refractivity contribution is 5.93. The molecule has 1 aromatic carbocycles. The number of amides is 1. The van der Waals surface area contributed by atoms with E-state index in [-0.39, 0.29) is 11.9 Å². The maximum absolute atomic E-state index is 12.3. The molecular weight excluding hydrogens is 306 g/mol. The molecule has 1 aromatic heterocycles. The van der Waals surface area contributed by atoms with Crippen LogP contribution in [0.3, 0.4) is 0 Å². The van der Waals surface area contributed by atoms with Crippen LogP contribution in [0.15, 0.2) is 18.2 Å². The van der Waals surface area contributed by atoms with Gasteiger partial charge >= 0.3 is 0 Å². The van der Waals surface area contributed by atoms with Gasteiger partial charge in [0.15, 0.2) is 5.82 Å². The van der Waals surface area contributed by atoms with E-state index in [1.54, 1.807) is 0 Å². The summed E-state index contributed by atoms with van der Waals surface area (Å²) in [5.74, 6) is 0.745. The predicted molar refractivity (Wildman–Crippen MR) is 89.7 cm³/mol. The molecule has 1 fully saturated rings. The summed E-state index contributed by atoms with van der Waals surface area (Å²) in [6, 6.07) is 6.37. The van der Waals surface area contributed by atoms with Gasteiger partial charge in [0.25, 0.3) is 5.91 Å². The minimum atomic E-state index is -0.481. The number of carbonyl (C=O) groups is 1. The van der Waals surface area contributed by atoms with Crippen LogP contribution >= 0.6 is 0 Å². The fourth-order valence-electron chi connectivity index (χ4n) is 3.29. The Hall–Kier alpha value is -2.25. The van der Waals surface area contributed by atoms with Crippen LogP contribution in [0.5, 0.6) is 0 Å². The summed E-state index contributed by atoms with van der Waals surface area (Å²) in [5, 5.41) is 9.74. The third-order valence-electron chi connectivity index (χ3n) is 4.65. The fraction of sp³-hybridized carbons (Fsp3) is 0.471. The molecule has 1 aliphatic heterocycles. The molecule has 0 saturated carbocycles. The van der Waals surface area contributed by atoms with Crippen LogP contribution in [-0.2, 0) is 22.4 Å². The molecule has 2 aromatic rings. The third kappa shape index (κ3) is 3.05. The Kier molecular flexibility index (Phi) is 4.03. The second-order valence-electron chi connectivity index (χ2n) is 6.46. The number of ether oxygens (including phenoxy) is 1. The van der Waals surface area contributed by atoms with Crippen LogP contribution in [-0.4, -0.2) is 58.8 Å². The molecule has 2 aliphatic rings. The topological polar surface area (TPSA) is 83.1 Å². The number of hydrogen-bond donors (Lipinski definition) is 2. The van der Waals surface area contributed by atoms with Crippen LogP contribution in [0.25, 0.3) is 11.4 Å². The number of anilines is 1. The molecule has 0 spiro atoms. The first-order valence-corrected chi connectivity index (χ1v) is 8.34. The number of nitrogens with one attached hydrogen (secondary N) is 2. The number of hydrogen-bond acceptors (Lipinski definition) is 5. The van der Waals surface area contributed by atoms with Crippen molar-refractivity contribution in [2.45, 2.75) is 25.4 Å². The van der Waals surface area contributed by atoms with E-state index in [4.69, 9.17) is 4.74 Å². The summed E-state index contributed by atoms with van der Waals surface area (Å²) in [6.45, 7) is 1.98. The lowest BCUT2D eigenvalue weighted by Gasteiger charge is -2.28. The molecule has 7 nitrogen and oxygen atoms in total. The highest BCUT2D eigenvalue weighted by Crippen LogP contribution is 2.26. The number of fused-ring (bicyclic) bond motifs is 1. The number of carbonyl (C=O) groups excluding carboxylic acids is 1. The zero-order valence-corrected chi connectivity index (χ0v) is 13.7. The Morgan fingerprint density at radius 2 is 2.25 bits per heavy atom. The molecule has 126 valence electrons. The molecule has 7 heteroatoms. The van der Waals surface area contributed by atoms with Crippen molar-refractivity contribution in [1.29, 1.82) is 0 Å². The molecule has 0 radical (unpaired) electrons. The maximum Gasteiger partial charge on any atom is 0.257 e. The van der Waals surface area contributed by atoms with Gasteiger partial charge in [0.2, 0.25) is 5.95 Å². The number of morpholine rings is 1. The first kappa shape index (κ1) is 15.3. The number of likely N-dealkylation sites (N-methyl/N-ethyl adjacent to an activating group) is 1. The highest BCUT2D eigenvalue weighted by Gasteiger charge is 2.25. The monoisotopic (exact) mass is 327 g/mol. The lowest BCUT2D eigenvalue weighted by Crippen LogP contribution is -2.46. The quantitative estimate of drug-likeness (QED) is 0.886. The summed E-state index contributed by atoms with van der Waals surface area (Å²) < 4.78 is 5.50. The zero-order chi connectivity index (χ0) is 16.5. The van der Waals surface area contributed by atoms with Gasteiger partial charge in [0.1, 0.15) is 6.10 Å². The first-order chi connectivity index (χ1) is 11.7. The lowest BCUT2D eigenvalue weighted by molar-refractivity contribution is -0.132. The lowest BCUT2D eigenvalue weighted by atomic mass is 10.1. The smallest absolute Gasteiger partial charge is 0.257 e. The van der Waals surface area contributed by atoms with Crippen molar-refractivity contribution in [2.75, 3.05) is 32.1 Å². The van der Waals surface area contributed by atoms with Crippen molar-refractivity contribution in [2.24, 2.45) is 0 Å². The molecule has 1 amide bonds. The molecule has 0 bridgehead atoms. The Balaban J connectivity index is 1.46. The van der Waals surface area contributed by atoms with Gasteiger partial charge in [-0.05, 0) is 43.5 Å². The molecule has 0 unspecified atom stereocenters. The van der Waals surface area contributed by atoms with E-state index in [2.05, 4.69) is 43.6 Å². The number of H-pyrrole nitrogens is 1. The van der Waals surface area contributed by atoms with E-state index in [0.717, 1.165) is 24.9 Å². The Morgan fingerprint density at radius 3 is 3.12 bits per heavy atom. The maximum atomic E-state index is 12.3. The van der Waals surface area contributed by atoms with Crippen molar-refractivity contribution in [3.05, 3.63) is 29.3 Å². The van der Waals surface area contributed by atoms with Crippen LogP contribution in [0.2, 0.25) is 0 Å². The number of rotatable bonds is 3. The normalized spacial score (nSPS) is 20.8. The van der Waals surface area contributed by atoms with Gasteiger partial charge < -0.3 is 9.64 Å². The molecule has 2 heterocycles. The van der Waals surface area contributed by atoms with Crippen LogP contribution < -0.4 is 5.32 Å². The number of nitrogens with zero attached hydrogens (tertiary/aromatic N) is 3. The molecule has 24 heavy (non-hydrogen) atoms. The summed E-state index contributed by atoms with van der Waals surface area (Å²) >= 11 is 0. The van der Waals surface area contributed by atoms with Crippen LogP contribution in [0, 0.1) is 0 Å². The molecule has 1 saturated heterocycles. The van der Waals surface area contributed by atoms with Gasteiger partial charge in [-0.15, -0.1) is 5.10 Å². The minimum Gasteiger partial charge on any atom is -0.366 e. The van der Waals surface area contributed by atoms with Crippen molar-refractivity contribution < 1.29 is 9.53 Å². The van der Waals surface area contributed by atoms with E-state index in [9.17, 15) is 4.79 Å². The van der Waals surface area contributed by atoms with Gasteiger partial charge in [-0.25, -0.2) is 0 Å². The SMILES string of the molecule is CN1CCO[C@@H](C(=O)Nc2n[nH]c(-c3ccc4c(c3)CCC4)n2)C1. The fourth-order valence-corrected chi connectivity index (χ4v) is 3.29. The average Bonchev–Trinajstić information content (AvgIpc) is 3.23. The van der Waals surface area contributed by atoms with Gasteiger partial charge in [-0.2, -0.15) is 4.98 Å². The zero-order valence-electron chi connectivity index (χ0n) is 13.7. The number of benzene rings is 1. The third-order valence-corrected chi connectivity index (χ3v) is 4.65. The summed E-state index contributed by atoms with van der Waals surface area (Å²) in [5.41, 5.74) is 3.80. The molecule has 1 atom stereocenters. The minimum absolute atomic E-state index is 0.207. The highest BCUT2D eigenvalue weighted by atomic mass is 16.5. The van der Waals surface area contributed by atoms with Crippen molar-refractivity contribution >= 4 is 11.9 Å². The van der Waals surface area contributed by atoms with Gasteiger partial charge in [-0.3, -0.25) is 15.2 Å². The van der Waals surface area contributed by atoms with E-state index in [1.165, 1.54) is 17.5 Å². The largest absolute Gasteiger partial charge is 0.366 e. The van der Waals surface area contributed by atoms with Crippen molar-refractivity contribution in [1.82, 2.24) is 20.1 Å². The standard InChI is InChI=1S/C17H21N5O2/c1-22-7-8-24-14(10-22)16(23)19-17-18-15(20-21-17)13-6-5-11-3-2-4-12(11)9-13/h5-6,9,14H,2-4,7-8,10H2,1H3,(H2,18,19,20,21,23)/t14-/m1/s1. The Labute approximate surface area is 140 Å². The number of aromatic amines is 1. The molecular formula is C17H21N5O2. The molecule has 4 rings (SSSR count). The number of aromatic nitrogens is 3. The van der Waals surface area contributed by atoms with E-state index >= 15 is 0 Å². The van der Waals surface area contributed by atoms with Gasteiger partial charge in [-0.1, -0.05) is 12.1 Å². The van der Waals surface area contributed by atoms with E-state index < -0.39 is 6.10 Å². The predicted octanol–water partition coefficient (Wildman–Crippen LogP) is 1.23. The Morgan fingerprint density at radius 1 is 1.38 bits per heavy atom. The van der Waals surface area contributed by atoms with E-state index in [1.807, 2.05) is 7.05 Å².